The Hall–Kier alpha value is -0.810. The number of rotatable bonds is 8. The van der Waals surface area contributed by atoms with Gasteiger partial charge in [-0.3, -0.25) is 9.89 Å². The van der Waals surface area contributed by atoms with E-state index >= 15 is 0 Å². The number of hydrogen-bond donors (Lipinski definition) is 1. The molecule has 0 radical (unpaired) electrons. The van der Waals surface area contributed by atoms with Gasteiger partial charge in [-0.05, 0) is 18.8 Å². The van der Waals surface area contributed by atoms with Crippen molar-refractivity contribution in [1.29, 1.82) is 0 Å². The Morgan fingerprint density at radius 1 is 1.32 bits per heavy atom. The van der Waals surface area contributed by atoms with Crippen molar-refractivity contribution in [2.75, 3.05) is 53.5 Å². The van der Waals surface area contributed by atoms with E-state index in [9.17, 15) is 0 Å². The Kier molecular flexibility index (Phi) is 9.48. The van der Waals surface area contributed by atoms with Crippen molar-refractivity contribution < 1.29 is 4.74 Å². The number of guanidine groups is 1. The number of aliphatic imine (C=N–C) groups is 1. The zero-order valence-electron chi connectivity index (χ0n) is 15.3. The van der Waals surface area contributed by atoms with Crippen LogP contribution in [0.3, 0.4) is 0 Å². The fraction of sp³-hybridized carbons (Fsp3) is 0.941. The number of nitrogens with zero attached hydrogens (tertiary/aromatic N) is 3. The predicted molar refractivity (Wildman–Crippen MR) is 94.5 cm³/mol. The Morgan fingerprint density at radius 2 is 2.00 bits per heavy atom. The number of morpholine rings is 1. The first-order valence-electron chi connectivity index (χ1n) is 8.82. The van der Waals surface area contributed by atoms with E-state index in [4.69, 9.17) is 4.74 Å². The normalized spacial score (nSPS) is 18.5. The van der Waals surface area contributed by atoms with Crippen LogP contribution >= 0.6 is 0 Å². The van der Waals surface area contributed by atoms with Crippen LogP contribution in [0.2, 0.25) is 0 Å². The van der Waals surface area contributed by atoms with E-state index in [1.165, 1.54) is 19.3 Å². The Morgan fingerprint density at radius 3 is 2.55 bits per heavy atom. The summed E-state index contributed by atoms with van der Waals surface area (Å²) in [6, 6.07) is 0.556. The fourth-order valence-corrected chi connectivity index (χ4v) is 2.94. The van der Waals surface area contributed by atoms with Crippen molar-refractivity contribution in [3.05, 3.63) is 0 Å². The lowest BCUT2D eigenvalue weighted by atomic mass is 10.0. The summed E-state index contributed by atoms with van der Waals surface area (Å²) in [6.07, 6.45) is 3.63. The molecule has 1 atom stereocenters. The number of hydrogen-bond acceptors (Lipinski definition) is 3. The summed E-state index contributed by atoms with van der Waals surface area (Å²) in [5.41, 5.74) is 0. The molecule has 130 valence electrons. The zero-order valence-corrected chi connectivity index (χ0v) is 15.3. The third-order valence-electron chi connectivity index (χ3n) is 4.22. The average molecular weight is 313 g/mol. The standard InChI is InChI=1S/C17H36N4O/c1-6-7-8-20(5)17(18-4)19-14-16(13-15(2)3)21-9-11-22-12-10-21/h15-16H,6-14H2,1-5H3,(H,18,19). The molecule has 5 nitrogen and oxygen atoms in total. The summed E-state index contributed by atoms with van der Waals surface area (Å²) in [7, 11) is 3.99. The fourth-order valence-electron chi connectivity index (χ4n) is 2.94. The summed E-state index contributed by atoms with van der Waals surface area (Å²) in [4.78, 5) is 9.22. The molecule has 1 aliphatic rings. The van der Waals surface area contributed by atoms with Crippen LogP contribution in [0.25, 0.3) is 0 Å². The second-order valence-electron chi connectivity index (χ2n) is 6.63. The van der Waals surface area contributed by atoms with Crippen LogP contribution in [0.1, 0.15) is 40.0 Å². The topological polar surface area (TPSA) is 40.1 Å². The lowest BCUT2D eigenvalue weighted by Gasteiger charge is -2.36. The molecule has 1 aliphatic heterocycles. The van der Waals surface area contributed by atoms with Gasteiger partial charge in [0, 0.05) is 46.3 Å². The molecule has 0 spiro atoms. The number of ether oxygens (including phenoxy) is 1. The van der Waals surface area contributed by atoms with Gasteiger partial charge in [0.25, 0.3) is 0 Å². The quantitative estimate of drug-likeness (QED) is 0.550. The van der Waals surface area contributed by atoms with E-state index in [0.29, 0.717) is 12.0 Å². The number of unbranched alkanes of at least 4 members (excludes halogenated alkanes) is 1. The van der Waals surface area contributed by atoms with Gasteiger partial charge in [0.1, 0.15) is 0 Å². The van der Waals surface area contributed by atoms with E-state index < -0.39 is 0 Å². The van der Waals surface area contributed by atoms with Gasteiger partial charge in [-0.25, -0.2) is 0 Å². The van der Waals surface area contributed by atoms with Crippen LogP contribution in [0.5, 0.6) is 0 Å². The van der Waals surface area contributed by atoms with E-state index in [2.05, 4.69) is 47.9 Å². The van der Waals surface area contributed by atoms with Gasteiger partial charge in [0.05, 0.1) is 13.2 Å². The molecular weight excluding hydrogens is 276 g/mol. The summed E-state index contributed by atoms with van der Waals surface area (Å²) in [6.45, 7) is 12.7. The van der Waals surface area contributed by atoms with Crippen molar-refractivity contribution in [2.24, 2.45) is 10.9 Å². The maximum atomic E-state index is 5.49. The van der Waals surface area contributed by atoms with Gasteiger partial charge >= 0.3 is 0 Å². The predicted octanol–water partition coefficient (Wildman–Crippen LogP) is 2.04. The summed E-state index contributed by atoms with van der Waals surface area (Å²) >= 11 is 0. The molecule has 0 amide bonds. The molecule has 1 rings (SSSR count). The van der Waals surface area contributed by atoms with Gasteiger partial charge in [0.15, 0.2) is 5.96 Å². The van der Waals surface area contributed by atoms with Gasteiger partial charge in [-0.2, -0.15) is 0 Å². The first kappa shape index (κ1) is 19.2. The molecule has 0 aromatic rings. The third-order valence-corrected chi connectivity index (χ3v) is 4.22. The first-order chi connectivity index (χ1) is 10.6. The van der Waals surface area contributed by atoms with E-state index in [1.54, 1.807) is 0 Å². The van der Waals surface area contributed by atoms with E-state index in [1.807, 2.05) is 7.05 Å². The van der Waals surface area contributed by atoms with Crippen LogP contribution in [0.15, 0.2) is 4.99 Å². The van der Waals surface area contributed by atoms with Crippen molar-refractivity contribution in [3.63, 3.8) is 0 Å². The Balaban J connectivity index is 2.52. The van der Waals surface area contributed by atoms with E-state index in [-0.39, 0.29) is 0 Å². The molecule has 5 heteroatoms. The smallest absolute Gasteiger partial charge is 0.193 e. The molecule has 0 aromatic heterocycles. The highest BCUT2D eigenvalue weighted by molar-refractivity contribution is 5.79. The third kappa shape index (κ3) is 6.97. The largest absolute Gasteiger partial charge is 0.379 e. The van der Waals surface area contributed by atoms with Crippen LogP contribution in [0, 0.1) is 5.92 Å². The molecule has 0 aliphatic carbocycles. The highest BCUT2D eigenvalue weighted by Crippen LogP contribution is 2.13. The molecule has 1 N–H and O–H groups in total. The van der Waals surface area contributed by atoms with Crippen LogP contribution in [0.4, 0.5) is 0 Å². The van der Waals surface area contributed by atoms with Crippen molar-refractivity contribution >= 4 is 5.96 Å². The summed E-state index contributed by atoms with van der Waals surface area (Å²) in [5, 5.41) is 3.57. The lowest BCUT2D eigenvalue weighted by molar-refractivity contribution is 0.0131. The van der Waals surface area contributed by atoms with Crippen molar-refractivity contribution in [3.8, 4) is 0 Å². The van der Waals surface area contributed by atoms with Gasteiger partial charge in [-0.1, -0.05) is 27.2 Å². The van der Waals surface area contributed by atoms with Gasteiger partial charge < -0.3 is 15.0 Å². The van der Waals surface area contributed by atoms with Gasteiger partial charge in [-0.15, -0.1) is 0 Å². The van der Waals surface area contributed by atoms with Crippen LogP contribution < -0.4 is 5.32 Å². The average Bonchev–Trinajstić information content (AvgIpc) is 2.52. The second kappa shape index (κ2) is 10.8. The second-order valence-corrected chi connectivity index (χ2v) is 6.63. The number of nitrogens with one attached hydrogen (secondary N) is 1. The lowest BCUT2D eigenvalue weighted by Crippen LogP contribution is -2.51. The molecule has 1 saturated heterocycles. The highest BCUT2D eigenvalue weighted by atomic mass is 16.5. The summed E-state index contributed by atoms with van der Waals surface area (Å²) in [5.74, 6) is 1.71. The maximum absolute atomic E-state index is 5.49. The Labute approximate surface area is 137 Å². The highest BCUT2D eigenvalue weighted by Gasteiger charge is 2.22. The minimum absolute atomic E-state index is 0.556. The molecule has 1 unspecified atom stereocenters. The zero-order chi connectivity index (χ0) is 16.4. The van der Waals surface area contributed by atoms with E-state index in [0.717, 1.165) is 45.4 Å². The molecule has 0 bridgehead atoms. The van der Waals surface area contributed by atoms with Crippen LogP contribution in [-0.2, 0) is 4.74 Å². The summed E-state index contributed by atoms with van der Waals surface area (Å²) < 4.78 is 5.49. The minimum atomic E-state index is 0.556. The maximum Gasteiger partial charge on any atom is 0.193 e. The molecule has 1 fully saturated rings. The minimum Gasteiger partial charge on any atom is -0.379 e. The first-order valence-corrected chi connectivity index (χ1v) is 8.82. The van der Waals surface area contributed by atoms with Crippen LogP contribution in [-0.4, -0.2) is 75.3 Å². The molecule has 0 aromatic carbocycles. The van der Waals surface area contributed by atoms with Crippen molar-refractivity contribution in [2.45, 2.75) is 46.1 Å². The monoisotopic (exact) mass is 312 g/mol. The molecule has 1 heterocycles. The Bertz CT molecular complexity index is 314. The SMILES string of the molecule is CCCCN(C)C(=NC)NCC(CC(C)C)N1CCOCC1. The molecule has 22 heavy (non-hydrogen) atoms. The van der Waals surface area contributed by atoms with Crippen molar-refractivity contribution in [1.82, 2.24) is 15.1 Å². The van der Waals surface area contributed by atoms with Gasteiger partial charge in [0.2, 0.25) is 0 Å². The molecule has 0 saturated carbocycles. The molecular formula is C17H36N4O.